The number of rotatable bonds is 7. The summed E-state index contributed by atoms with van der Waals surface area (Å²) < 4.78 is 10.9. The maximum atomic E-state index is 13.5. The van der Waals surface area contributed by atoms with Crippen molar-refractivity contribution < 1.29 is 34.1 Å². The molecule has 0 spiro atoms. The van der Waals surface area contributed by atoms with Gasteiger partial charge in [-0.3, -0.25) is 24.6 Å². The Bertz CT molecular complexity index is 1100. The van der Waals surface area contributed by atoms with Crippen LogP contribution in [0.2, 0.25) is 0 Å². The normalized spacial score (nSPS) is 26.4. The number of aliphatic hydroxyl groups excluding tert-OH is 1. The molecule has 4 unspecified atom stereocenters. The topological polar surface area (TPSA) is 125 Å². The van der Waals surface area contributed by atoms with Gasteiger partial charge in [0.25, 0.3) is 0 Å². The number of hydrogen-bond donors (Lipinski definition) is 3. The van der Waals surface area contributed by atoms with E-state index in [2.05, 4.69) is 5.32 Å². The number of aliphatic carboxylic acids is 1. The lowest BCUT2D eigenvalue weighted by atomic mass is 9.79. The lowest BCUT2D eigenvalue weighted by Crippen LogP contribution is -2.58. The number of imide groups is 1. The number of carbonyl (C=O) groups excluding carboxylic acids is 2. The van der Waals surface area contributed by atoms with Crippen LogP contribution in [0, 0.1) is 18.8 Å². The molecule has 0 saturated carbocycles. The molecule has 2 fully saturated rings. The number of benzene rings is 2. The zero-order valence-corrected chi connectivity index (χ0v) is 18.6. The van der Waals surface area contributed by atoms with E-state index in [0.29, 0.717) is 22.6 Å². The average molecular weight is 454 g/mol. The minimum atomic E-state index is -2.01. The molecule has 174 valence electrons. The van der Waals surface area contributed by atoms with E-state index in [-0.39, 0.29) is 6.54 Å². The maximum absolute atomic E-state index is 13.5. The highest BCUT2D eigenvalue weighted by atomic mass is 16.5. The van der Waals surface area contributed by atoms with Gasteiger partial charge < -0.3 is 19.7 Å². The van der Waals surface area contributed by atoms with Crippen molar-refractivity contribution in [2.75, 3.05) is 20.8 Å². The minimum absolute atomic E-state index is 0.0259. The summed E-state index contributed by atoms with van der Waals surface area (Å²) in [6, 6.07) is 11.5. The molecular weight excluding hydrogens is 428 g/mol. The third-order valence-electron chi connectivity index (χ3n) is 6.71. The molecule has 9 nitrogen and oxygen atoms in total. The van der Waals surface area contributed by atoms with Crippen molar-refractivity contribution >= 4 is 17.8 Å². The van der Waals surface area contributed by atoms with Crippen LogP contribution in [0.1, 0.15) is 22.7 Å². The molecule has 0 aromatic heterocycles. The molecule has 4 rings (SSSR count). The summed E-state index contributed by atoms with van der Waals surface area (Å²) in [6.07, 6.45) is 0. The van der Waals surface area contributed by atoms with Gasteiger partial charge in [0.15, 0.2) is 5.54 Å². The summed E-state index contributed by atoms with van der Waals surface area (Å²) in [5.74, 6) is -3.81. The first kappa shape index (κ1) is 22.8. The number of nitrogens with zero attached hydrogens (tertiary/aromatic N) is 1. The van der Waals surface area contributed by atoms with Gasteiger partial charge in [-0.15, -0.1) is 0 Å². The minimum Gasteiger partial charge on any atom is -0.496 e. The number of methoxy groups -OCH3 is 2. The molecule has 2 amide bonds. The smallest absolute Gasteiger partial charge is 0.327 e. The number of fused-ring (bicyclic) bond motifs is 1. The Morgan fingerprint density at radius 1 is 1.09 bits per heavy atom. The van der Waals surface area contributed by atoms with Crippen LogP contribution in [0.15, 0.2) is 42.5 Å². The van der Waals surface area contributed by atoms with Crippen molar-refractivity contribution in [2.24, 2.45) is 11.8 Å². The Morgan fingerprint density at radius 2 is 1.79 bits per heavy atom. The van der Waals surface area contributed by atoms with E-state index >= 15 is 0 Å². The summed E-state index contributed by atoms with van der Waals surface area (Å²) in [7, 11) is 2.99. The molecule has 2 aromatic carbocycles. The number of likely N-dealkylation sites (tertiary alicyclic amines) is 1. The summed E-state index contributed by atoms with van der Waals surface area (Å²) in [4.78, 5) is 40.4. The number of hydrogen-bond acceptors (Lipinski definition) is 7. The van der Waals surface area contributed by atoms with Gasteiger partial charge in [0.2, 0.25) is 11.8 Å². The predicted molar refractivity (Wildman–Crippen MR) is 117 cm³/mol. The zero-order chi connectivity index (χ0) is 23.9. The molecule has 0 aliphatic carbocycles. The molecule has 3 N–H and O–H groups in total. The highest BCUT2D eigenvalue weighted by Crippen LogP contribution is 2.51. The van der Waals surface area contributed by atoms with Gasteiger partial charge in [-0.25, -0.2) is 0 Å². The van der Waals surface area contributed by atoms with Gasteiger partial charge in [0, 0.05) is 17.2 Å². The third kappa shape index (κ3) is 3.35. The van der Waals surface area contributed by atoms with Gasteiger partial charge in [0.1, 0.15) is 11.5 Å². The van der Waals surface area contributed by atoms with E-state index in [0.717, 1.165) is 10.5 Å². The molecule has 0 radical (unpaired) electrons. The van der Waals surface area contributed by atoms with Gasteiger partial charge in [-0.2, -0.15) is 0 Å². The number of carbonyl (C=O) groups is 3. The van der Waals surface area contributed by atoms with Crippen LogP contribution in [-0.4, -0.2) is 59.3 Å². The van der Waals surface area contributed by atoms with Gasteiger partial charge in [-0.05, 0) is 18.6 Å². The molecule has 4 atom stereocenters. The summed E-state index contributed by atoms with van der Waals surface area (Å²) in [6.45, 7) is 0.960. The quantitative estimate of drug-likeness (QED) is 0.534. The molecule has 9 heteroatoms. The Kier molecular flexibility index (Phi) is 5.85. The second-order valence-corrected chi connectivity index (χ2v) is 8.32. The Labute approximate surface area is 190 Å². The Balaban J connectivity index is 1.83. The van der Waals surface area contributed by atoms with Crippen LogP contribution >= 0.6 is 0 Å². The van der Waals surface area contributed by atoms with Crippen molar-refractivity contribution in [1.82, 2.24) is 10.2 Å². The molecule has 2 saturated heterocycles. The molecule has 0 bridgehead atoms. The van der Waals surface area contributed by atoms with Crippen LogP contribution < -0.4 is 14.8 Å². The van der Waals surface area contributed by atoms with Crippen LogP contribution in [0.4, 0.5) is 0 Å². The fourth-order valence-corrected chi connectivity index (χ4v) is 5.09. The second kappa shape index (κ2) is 8.49. The predicted octanol–water partition coefficient (Wildman–Crippen LogP) is 1.27. The third-order valence-corrected chi connectivity index (χ3v) is 6.71. The Morgan fingerprint density at radius 3 is 2.36 bits per heavy atom. The summed E-state index contributed by atoms with van der Waals surface area (Å²) in [5, 5.41) is 23.1. The van der Waals surface area contributed by atoms with Crippen LogP contribution in [0.3, 0.4) is 0 Å². The first-order valence-electron chi connectivity index (χ1n) is 10.5. The van der Waals surface area contributed by atoms with Crippen LogP contribution in [-0.2, 0) is 20.9 Å². The van der Waals surface area contributed by atoms with E-state index in [1.54, 1.807) is 43.3 Å². The van der Waals surface area contributed by atoms with Crippen LogP contribution in [0.5, 0.6) is 11.5 Å². The van der Waals surface area contributed by atoms with Crippen molar-refractivity contribution in [1.29, 1.82) is 0 Å². The molecular formula is C24H26N2O7. The zero-order valence-electron chi connectivity index (χ0n) is 18.6. The number of ether oxygens (including phenoxy) is 2. The number of carboxylic acids is 1. The van der Waals surface area contributed by atoms with E-state index in [4.69, 9.17) is 9.47 Å². The summed E-state index contributed by atoms with van der Waals surface area (Å²) >= 11 is 0. The van der Waals surface area contributed by atoms with Gasteiger partial charge in [-0.1, -0.05) is 36.4 Å². The van der Waals surface area contributed by atoms with Crippen molar-refractivity contribution in [2.45, 2.75) is 25.0 Å². The van der Waals surface area contributed by atoms with Crippen molar-refractivity contribution in [3.63, 3.8) is 0 Å². The lowest BCUT2D eigenvalue weighted by Gasteiger charge is -2.29. The van der Waals surface area contributed by atoms with E-state index in [1.165, 1.54) is 14.2 Å². The fraction of sp³-hybridized carbons (Fsp3) is 0.375. The monoisotopic (exact) mass is 454 g/mol. The first-order valence-corrected chi connectivity index (χ1v) is 10.5. The summed E-state index contributed by atoms with van der Waals surface area (Å²) in [5.41, 5.74) is -0.0750. The molecule has 2 aromatic rings. The standard InChI is InChI=1S/C24H26N2O7/c1-13-16(32-2)10-9-15(20(13)33-3)19-17-18(24(12-27,25-19)23(30)31)22(29)26(21(17)28)11-14-7-5-4-6-8-14/h4-10,17-19,25,27H,11-12H2,1-3H3,(H,30,31). The van der Waals surface area contributed by atoms with Crippen molar-refractivity contribution in [3.05, 3.63) is 59.2 Å². The molecule has 33 heavy (non-hydrogen) atoms. The second-order valence-electron chi connectivity index (χ2n) is 8.32. The maximum Gasteiger partial charge on any atom is 0.327 e. The highest BCUT2D eigenvalue weighted by molar-refractivity contribution is 6.09. The largest absolute Gasteiger partial charge is 0.496 e. The lowest BCUT2D eigenvalue weighted by molar-refractivity contribution is -0.153. The molecule has 2 heterocycles. The van der Waals surface area contributed by atoms with Crippen molar-refractivity contribution in [3.8, 4) is 11.5 Å². The fourth-order valence-electron chi connectivity index (χ4n) is 5.09. The Hall–Kier alpha value is -3.43. The van der Waals surface area contributed by atoms with Crippen LogP contribution in [0.25, 0.3) is 0 Å². The number of amides is 2. The van der Waals surface area contributed by atoms with E-state index in [9.17, 15) is 24.6 Å². The van der Waals surface area contributed by atoms with E-state index < -0.39 is 47.8 Å². The van der Waals surface area contributed by atoms with E-state index in [1.807, 2.05) is 6.07 Å². The van der Waals surface area contributed by atoms with Gasteiger partial charge in [0.05, 0.1) is 39.2 Å². The average Bonchev–Trinajstić information content (AvgIpc) is 3.29. The number of nitrogens with one attached hydrogen (secondary N) is 1. The molecule has 2 aliphatic heterocycles. The number of aliphatic hydroxyl groups is 1. The first-order chi connectivity index (χ1) is 15.8. The van der Waals surface area contributed by atoms with Gasteiger partial charge >= 0.3 is 5.97 Å². The SMILES string of the molecule is COc1ccc(C2NC(CO)(C(=O)O)C3C(=O)N(Cc4ccccc4)C(=O)C23)c(OC)c1C. The molecule has 2 aliphatic rings. The highest BCUT2D eigenvalue weighted by Gasteiger charge is 2.68. The number of carboxylic acid groups (broad SMARTS) is 1.